The second kappa shape index (κ2) is 10.2. The zero-order chi connectivity index (χ0) is 20.6. The van der Waals surface area contributed by atoms with E-state index in [0.29, 0.717) is 30.2 Å². The molecule has 154 valence electrons. The van der Waals surface area contributed by atoms with Gasteiger partial charge in [-0.3, -0.25) is 4.68 Å². The third-order valence-electron chi connectivity index (χ3n) is 3.96. The van der Waals surface area contributed by atoms with E-state index < -0.39 is 15.7 Å². The Labute approximate surface area is 166 Å². The highest BCUT2D eigenvalue weighted by molar-refractivity contribution is 7.89. The number of halogens is 1. The molecule has 1 heterocycles. The van der Waals surface area contributed by atoms with E-state index in [0.717, 1.165) is 24.8 Å². The van der Waals surface area contributed by atoms with Gasteiger partial charge >= 0.3 is 0 Å². The van der Waals surface area contributed by atoms with E-state index in [1.807, 2.05) is 30.9 Å². The molecule has 1 aromatic heterocycles. The zero-order valence-corrected chi connectivity index (χ0v) is 17.4. The third kappa shape index (κ3) is 7.67. The highest BCUT2D eigenvalue weighted by Gasteiger charge is 2.10. The number of rotatable bonds is 9. The van der Waals surface area contributed by atoms with Crippen LogP contribution in [0, 0.1) is 12.7 Å². The number of benzene rings is 1. The van der Waals surface area contributed by atoms with Crippen molar-refractivity contribution in [1.29, 1.82) is 0 Å². The van der Waals surface area contributed by atoms with Gasteiger partial charge in [0.2, 0.25) is 0 Å². The third-order valence-corrected chi connectivity index (χ3v) is 4.79. The molecule has 1 aromatic carbocycles. The van der Waals surface area contributed by atoms with Crippen LogP contribution < -0.4 is 10.6 Å². The highest BCUT2D eigenvalue weighted by Crippen LogP contribution is 2.15. The number of guanidine groups is 1. The molecule has 2 N–H and O–H groups in total. The minimum atomic E-state index is -3.21. The summed E-state index contributed by atoms with van der Waals surface area (Å²) in [6.07, 6.45) is 5.85. The summed E-state index contributed by atoms with van der Waals surface area (Å²) in [6.45, 7) is 6.33. The van der Waals surface area contributed by atoms with Gasteiger partial charge in [0, 0.05) is 32.1 Å². The van der Waals surface area contributed by atoms with E-state index >= 15 is 0 Å². The Bertz CT molecular complexity index is 909. The molecule has 0 atom stereocenters. The van der Waals surface area contributed by atoms with Crippen molar-refractivity contribution in [2.24, 2.45) is 4.99 Å². The minimum absolute atomic E-state index is 0.134. The van der Waals surface area contributed by atoms with E-state index in [2.05, 4.69) is 20.7 Å². The maximum absolute atomic E-state index is 13.6. The molecule has 0 bridgehead atoms. The Morgan fingerprint density at radius 1 is 1.29 bits per heavy atom. The van der Waals surface area contributed by atoms with Crippen LogP contribution in [0.5, 0.6) is 0 Å². The van der Waals surface area contributed by atoms with Gasteiger partial charge in [-0.25, -0.2) is 17.8 Å². The van der Waals surface area contributed by atoms with Crippen molar-refractivity contribution >= 4 is 15.8 Å². The van der Waals surface area contributed by atoms with Crippen molar-refractivity contribution in [2.75, 3.05) is 19.3 Å². The number of aliphatic imine (C=N–C) groups is 1. The van der Waals surface area contributed by atoms with Gasteiger partial charge in [0.25, 0.3) is 0 Å². The Morgan fingerprint density at radius 3 is 2.71 bits per heavy atom. The van der Waals surface area contributed by atoms with Crippen LogP contribution in [0.4, 0.5) is 4.39 Å². The first-order valence-corrected chi connectivity index (χ1v) is 11.3. The Hall–Kier alpha value is -2.42. The van der Waals surface area contributed by atoms with Crippen molar-refractivity contribution < 1.29 is 12.8 Å². The highest BCUT2D eigenvalue weighted by atomic mass is 32.2. The first-order chi connectivity index (χ1) is 13.3. The molecule has 0 radical (unpaired) electrons. The molecule has 0 spiro atoms. The van der Waals surface area contributed by atoms with Crippen LogP contribution in [0.15, 0.2) is 35.6 Å². The molecule has 2 rings (SSSR count). The molecule has 2 aromatic rings. The Balaban J connectivity index is 1.98. The summed E-state index contributed by atoms with van der Waals surface area (Å²) in [5.74, 6) is 0.0643. The van der Waals surface area contributed by atoms with Crippen LogP contribution in [-0.4, -0.2) is 43.5 Å². The number of sulfone groups is 1. The smallest absolute Gasteiger partial charge is 0.191 e. The fraction of sp³-hybridized carbons (Fsp3) is 0.474. The minimum Gasteiger partial charge on any atom is -0.357 e. The molecule has 0 unspecified atom stereocenters. The molecule has 0 aliphatic heterocycles. The first-order valence-electron chi connectivity index (χ1n) is 9.23. The molecule has 0 fully saturated rings. The maximum atomic E-state index is 13.6. The molecule has 0 aliphatic carbocycles. The van der Waals surface area contributed by atoms with Crippen LogP contribution in [0.1, 0.15) is 30.0 Å². The Kier molecular flexibility index (Phi) is 7.98. The summed E-state index contributed by atoms with van der Waals surface area (Å²) >= 11 is 0. The van der Waals surface area contributed by atoms with Gasteiger partial charge in [0.05, 0.1) is 18.5 Å². The van der Waals surface area contributed by atoms with Gasteiger partial charge in [-0.15, -0.1) is 0 Å². The van der Waals surface area contributed by atoms with Gasteiger partial charge in [0.1, 0.15) is 5.82 Å². The molecule has 0 saturated heterocycles. The Morgan fingerprint density at radius 2 is 2.07 bits per heavy atom. The second-order valence-corrected chi connectivity index (χ2v) is 8.88. The molecule has 0 amide bonds. The van der Waals surface area contributed by atoms with Gasteiger partial charge in [-0.1, -0.05) is 6.07 Å². The van der Waals surface area contributed by atoms with E-state index in [1.165, 1.54) is 18.2 Å². The zero-order valence-electron chi connectivity index (χ0n) is 16.6. The summed E-state index contributed by atoms with van der Waals surface area (Å²) in [4.78, 5) is 4.47. The largest absolute Gasteiger partial charge is 0.357 e. The quantitative estimate of drug-likeness (QED) is 0.376. The number of hydrogen-bond donors (Lipinski definition) is 2. The topological polar surface area (TPSA) is 88.4 Å². The molecule has 0 aliphatic rings. The lowest BCUT2D eigenvalue weighted by molar-refractivity contribution is 0.570. The standard InChI is InChI=1S/C19H28FN5O2S/c1-4-21-19(22-8-5-9-25-13-15(2)11-24-25)23-12-17-10-18(20)7-6-16(17)14-28(3,26)27/h6-7,10-11,13H,4-5,8-9,12,14H2,1-3H3,(H2,21,22,23). The predicted molar refractivity (Wildman–Crippen MR) is 109 cm³/mol. The average molecular weight is 410 g/mol. The molecular formula is C19H28FN5O2S. The van der Waals surface area contributed by atoms with Crippen LogP contribution in [0.3, 0.4) is 0 Å². The molecular weight excluding hydrogens is 381 g/mol. The van der Waals surface area contributed by atoms with Gasteiger partial charge in [-0.2, -0.15) is 5.10 Å². The van der Waals surface area contributed by atoms with Gasteiger partial charge in [-0.05, 0) is 49.1 Å². The van der Waals surface area contributed by atoms with E-state index in [9.17, 15) is 12.8 Å². The van der Waals surface area contributed by atoms with Crippen molar-refractivity contribution in [3.05, 3.63) is 53.1 Å². The number of aryl methyl sites for hydroxylation is 2. The van der Waals surface area contributed by atoms with Crippen molar-refractivity contribution in [3.8, 4) is 0 Å². The summed E-state index contributed by atoms with van der Waals surface area (Å²) in [5, 5.41) is 10.6. The fourth-order valence-electron chi connectivity index (χ4n) is 2.71. The predicted octanol–water partition coefficient (Wildman–Crippen LogP) is 2.02. The number of nitrogens with zero attached hydrogens (tertiary/aromatic N) is 3. The summed E-state index contributed by atoms with van der Waals surface area (Å²) in [7, 11) is -3.21. The van der Waals surface area contributed by atoms with Crippen LogP contribution in [0.2, 0.25) is 0 Å². The van der Waals surface area contributed by atoms with Crippen LogP contribution >= 0.6 is 0 Å². The van der Waals surface area contributed by atoms with Crippen LogP contribution in [-0.2, 0) is 28.7 Å². The maximum Gasteiger partial charge on any atom is 0.191 e. The van der Waals surface area contributed by atoms with E-state index in [4.69, 9.17) is 0 Å². The van der Waals surface area contributed by atoms with Crippen molar-refractivity contribution in [3.63, 3.8) is 0 Å². The number of nitrogens with one attached hydrogen (secondary N) is 2. The number of aromatic nitrogens is 2. The molecule has 0 saturated carbocycles. The molecule has 7 nitrogen and oxygen atoms in total. The van der Waals surface area contributed by atoms with E-state index in [1.54, 1.807) is 0 Å². The molecule has 28 heavy (non-hydrogen) atoms. The van der Waals surface area contributed by atoms with Gasteiger partial charge in [0.15, 0.2) is 15.8 Å². The normalized spacial score (nSPS) is 12.2. The summed E-state index contributed by atoms with van der Waals surface area (Å²) in [6, 6.07) is 4.12. The van der Waals surface area contributed by atoms with Crippen LogP contribution in [0.25, 0.3) is 0 Å². The lowest BCUT2D eigenvalue weighted by Gasteiger charge is -2.12. The summed E-state index contributed by atoms with van der Waals surface area (Å²) in [5.41, 5.74) is 2.26. The van der Waals surface area contributed by atoms with Crippen molar-refractivity contribution in [1.82, 2.24) is 20.4 Å². The number of hydrogen-bond acceptors (Lipinski definition) is 4. The monoisotopic (exact) mass is 409 g/mol. The van der Waals surface area contributed by atoms with E-state index in [-0.39, 0.29) is 12.3 Å². The SMILES string of the molecule is CCNC(=NCc1cc(F)ccc1CS(C)(=O)=O)NCCCn1cc(C)cn1. The summed E-state index contributed by atoms with van der Waals surface area (Å²) < 4.78 is 38.7. The lowest BCUT2D eigenvalue weighted by atomic mass is 10.1. The first kappa shape index (κ1) is 21.9. The lowest BCUT2D eigenvalue weighted by Crippen LogP contribution is -2.38. The fourth-order valence-corrected chi connectivity index (χ4v) is 3.55. The second-order valence-electron chi connectivity index (χ2n) is 6.74. The van der Waals surface area contributed by atoms with Gasteiger partial charge < -0.3 is 10.6 Å². The average Bonchev–Trinajstić information content (AvgIpc) is 3.02. The molecule has 9 heteroatoms. The van der Waals surface area contributed by atoms with Crippen molar-refractivity contribution in [2.45, 2.75) is 39.1 Å².